The van der Waals surface area contributed by atoms with Gasteiger partial charge in [-0.15, -0.1) is 0 Å². The molecule has 0 saturated heterocycles. The molecule has 0 unspecified atom stereocenters. The Balaban J connectivity index is 2.79. The van der Waals surface area contributed by atoms with Crippen LogP contribution in [0.15, 0.2) is 24.3 Å². The first kappa shape index (κ1) is 11.1. The van der Waals surface area contributed by atoms with Crippen LogP contribution in [0.2, 0.25) is 0 Å². The lowest BCUT2D eigenvalue weighted by Crippen LogP contribution is -2.08. The Morgan fingerprint density at radius 1 is 1.43 bits per heavy atom. The van der Waals surface area contributed by atoms with Crippen LogP contribution in [-0.2, 0) is 4.74 Å². The van der Waals surface area contributed by atoms with E-state index in [0.29, 0.717) is 11.3 Å². The molecule has 0 atom stereocenters. The molecule has 0 amide bonds. The quantitative estimate of drug-likeness (QED) is 0.596. The Bertz CT molecular complexity index is 326. The Morgan fingerprint density at radius 2 is 2.14 bits per heavy atom. The smallest absolute Gasteiger partial charge is 0.340 e. The molecule has 0 fully saturated rings. The van der Waals surface area contributed by atoms with Crippen molar-refractivity contribution in [2.75, 3.05) is 7.11 Å². The van der Waals surface area contributed by atoms with Gasteiger partial charge in [-0.3, -0.25) is 0 Å². The second-order valence-corrected chi connectivity index (χ2v) is 3.41. The molecular weight excluding hydrogens is 227 g/mol. The Kier molecular flexibility index (Phi) is 4.04. The van der Waals surface area contributed by atoms with Gasteiger partial charge in [0, 0.05) is 0 Å². The van der Waals surface area contributed by atoms with Crippen LogP contribution in [0.1, 0.15) is 10.4 Å². The number of carbonyl (C=O) groups excluding carboxylic acids is 1. The molecule has 14 heavy (non-hydrogen) atoms. The minimum atomic E-state index is -1.16. The average molecular weight is 235 g/mol. The van der Waals surface area contributed by atoms with Crippen LogP contribution in [0, 0.1) is 0 Å². The van der Waals surface area contributed by atoms with Crippen molar-refractivity contribution in [1.82, 2.24) is 0 Å². The fraction of sp³-hybridized carbons (Fsp3) is 0.222. The summed E-state index contributed by atoms with van der Waals surface area (Å²) in [6.45, 7) is 0. The molecule has 0 spiro atoms. The van der Waals surface area contributed by atoms with Gasteiger partial charge >= 0.3 is 5.97 Å². The minimum absolute atomic E-state index is 0.343. The van der Waals surface area contributed by atoms with Crippen LogP contribution in [0.4, 0.5) is 0 Å². The lowest BCUT2D eigenvalue weighted by atomic mass is 10.2. The van der Waals surface area contributed by atoms with Gasteiger partial charge in [0.1, 0.15) is 5.75 Å². The van der Waals surface area contributed by atoms with E-state index in [1.165, 1.54) is 7.11 Å². The molecule has 0 saturated carbocycles. The van der Waals surface area contributed by atoms with Crippen LogP contribution in [0.3, 0.4) is 0 Å². The third-order valence-electron chi connectivity index (χ3n) is 1.50. The van der Waals surface area contributed by atoms with Gasteiger partial charge in [0.2, 0.25) is 0 Å². The average Bonchev–Trinajstić information content (AvgIpc) is 2.17. The Morgan fingerprint density at radius 3 is 2.71 bits per heavy atom. The summed E-state index contributed by atoms with van der Waals surface area (Å²) in [7, 11) is 1.51. The van der Waals surface area contributed by atoms with Gasteiger partial charge in [0.05, 0.1) is 12.7 Å². The highest BCUT2D eigenvalue weighted by atomic mass is 35.5. The van der Waals surface area contributed by atoms with E-state index >= 15 is 0 Å². The van der Waals surface area contributed by atoms with Gasteiger partial charge in [-0.2, -0.15) is 0 Å². The maximum absolute atomic E-state index is 11.3. The SMILES string of the molecule is COc1cccc(C(=O)OC(Cl)Cl)c1. The summed E-state index contributed by atoms with van der Waals surface area (Å²) in [4.78, 5) is 11.3. The van der Waals surface area contributed by atoms with Crippen molar-refractivity contribution in [3.8, 4) is 5.75 Å². The van der Waals surface area contributed by atoms with Crippen LogP contribution < -0.4 is 4.74 Å². The van der Waals surface area contributed by atoms with Gasteiger partial charge in [-0.05, 0) is 18.2 Å². The normalized spacial score (nSPS) is 10.0. The van der Waals surface area contributed by atoms with Crippen molar-refractivity contribution in [3.05, 3.63) is 29.8 Å². The van der Waals surface area contributed by atoms with E-state index in [4.69, 9.17) is 27.9 Å². The third kappa shape index (κ3) is 3.09. The van der Waals surface area contributed by atoms with E-state index < -0.39 is 11.0 Å². The number of hydrogen-bond acceptors (Lipinski definition) is 3. The first-order valence-corrected chi connectivity index (χ1v) is 4.64. The largest absolute Gasteiger partial charge is 0.497 e. The van der Waals surface area contributed by atoms with E-state index in [9.17, 15) is 4.79 Å². The minimum Gasteiger partial charge on any atom is -0.497 e. The molecule has 0 bridgehead atoms. The highest BCUT2D eigenvalue weighted by molar-refractivity contribution is 6.43. The van der Waals surface area contributed by atoms with Crippen molar-refractivity contribution in [3.63, 3.8) is 0 Å². The number of esters is 1. The van der Waals surface area contributed by atoms with Crippen LogP contribution in [-0.4, -0.2) is 18.1 Å². The van der Waals surface area contributed by atoms with Crippen molar-refractivity contribution < 1.29 is 14.3 Å². The predicted molar refractivity (Wildman–Crippen MR) is 53.9 cm³/mol. The fourth-order valence-electron chi connectivity index (χ4n) is 0.899. The van der Waals surface area contributed by atoms with Crippen molar-refractivity contribution in [2.45, 2.75) is 5.02 Å². The predicted octanol–water partition coefficient (Wildman–Crippen LogP) is 2.61. The summed E-state index contributed by atoms with van der Waals surface area (Å²) in [5.41, 5.74) is 0.343. The number of hydrogen-bond donors (Lipinski definition) is 0. The molecule has 0 N–H and O–H groups in total. The number of benzene rings is 1. The van der Waals surface area contributed by atoms with Crippen molar-refractivity contribution in [1.29, 1.82) is 0 Å². The molecule has 0 radical (unpaired) electrons. The second kappa shape index (κ2) is 5.08. The molecule has 0 heterocycles. The monoisotopic (exact) mass is 234 g/mol. The zero-order chi connectivity index (χ0) is 10.6. The third-order valence-corrected chi connectivity index (χ3v) is 1.68. The van der Waals surface area contributed by atoms with Crippen LogP contribution >= 0.6 is 23.2 Å². The first-order valence-electron chi connectivity index (χ1n) is 3.76. The number of halogens is 2. The van der Waals surface area contributed by atoms with Gasteiger partial charge in [0.15, 0.2) is 0 Å². The summed E-state index contributed by atoms with van der Waals surface area (Å²) in [5.74, 6) is -0.0148. The maximum atomic E-state index is 11.3. The molecule has 0 aliphatic carbocycles. The summed E-state index contributed by atoms with van der Waals surface area (Å²) < 4.78 is 9.51. The molecule has 0 aliphatic rings. The molecular formula is C9H8Cl2O3. The second-order valence-electron chi connectivity index (χ2n) is 2.40. The lowest BCUT2D eigenvalue weighted by Gasteiger charge is -2.05. The topological polar surface area (TPSA) is 35.5 Å². The first-order chi connectivity index (χ1) is 6.63. The molecule has 1 aromatic carbocycles. The van der Waals surface area contributed by atoms with Gasteiger partial charge in [-0.1, -0.05) is 29.3 Å². The number of rotatable bonds is 3. The molecule has 5 heteroatoms. The van der Waals surface area contributed by atoms with Crippen molar-refractivity contribution in [2.24, 2.45) is 0 Å². The standard InChI is InChI=1S/C9H8Cl2O3/c1-13-7-4-2-3-6(5-7)8(12)14-9(10)11/h2-5,9H,1H3. The summed E-state index contributed by atoms with van der Waals surface area (Å²) in [5, 5.41) is -1.16. The van der Waals surface area contributed by atoms with E-state index in [0.717, 1.165) is 0 Å². The number of ether oxygens (including phenoxy) is 2. The maximum Gasteiger partial charge on any atom is 0.340 e. The molecule has 0 aliphatic heterocycles. The van der Waals surface area contributed by atoms with E-state index in [1.54, 1.807) is 24.3 Å². The Hall–Kier alpha value is -0.930. The van der Waals surface area contributed by atoms with Gasteiger partial charge in [-0.25, -0.2) is 4.79 Å². The Labute approximate surface area is 91.5 Å². The van der Waals surface area contributed by atoms with E-state index in [-0.39, 0.29) is 0 Å². The number of carbonyl (C=O) groups is 1. The molecule has 1 aromatic rings. The number of methoxy groups -OCH3 is 1. The molecule has 0 aromatic heterocycles. The lowest BCUT2D eigenvalue weighted by molar-refractivity contribution is 0.0535. The zero-order valence-electron chi connectivity index (χ0n) is 7.37. The summed E-state index contributed by atoms with van der Waals surface area (Å²) in [6.07, 6.45) is 0. The molecule has 76 valence electrons. The van der Waals surface area contributed by atoms with E-state index in [2.05, 4.69) is 4.74 Å². The highest BCUT2D eigenvalue weighted by Gasteiger charge is 2.11. The fourth-order valence-corrected chi connectivity index (χ4v) is 1.06. The summed E-state index contributed by atoms with van der Waals surface area (Å²) in [6, 6.07) is 6.52. The number of alkyl halides is 2. The highest BCUT2D eigenvalue weighted by Crippen LogP contribution is 2.15. The van der Waals surface area contributed by atoms with Gasteiger partial charge in [0.25, 0.3) is 5.02 Å². The molecule has 3 nitrogen and oxygen atoms in total. The zero-order valence-corrected chi connectivity index (χ0v) is 8.88. The van der Waals surface area contributed by atoms with Crippen molar-refractivity contribution >= 4 is 29.2 Å². The van der Waals surface area contributed by atoms with E-state index in [1.807, 2.05) is 0 Å². The van der Waals surface area contributed by atoms with Crippen LogP contribution in [0.5, 0.6) is 5.75 Å². The molecule has 1 rings (SSSR count). The summed E-state index contributed by atoms with van der Waals surface area (Å²) >= 11 is 10.6. The van der Waals surface area contributed by atoms with Crippen LogP contribution in [0.25, 0.3) is 0 Å². The van der Waals surface area contributed by atoms with Gasteiger partial charge < -0.3 is 9.47 Å².